The molecule has 1 aromatic heterocycles. The van der Waals surface area contributed by atoms with E-state index in [9.17, 15) is 23.1 Å². The van der Waals surface area contributed by atoms with Crippen LogP contribution in [0.1, 0.15) is 16.1 Å². The summed E-state index contributed by atoms with van der Waals surface area (Å²) >= 11 is 0. The average Bonchev–Trinajstić information content (AvgIpc) is 2.63. The summed E-state index contributed by atoms with van der Waals surface area (Å²) in [7, 11) is 0. The van der Waals surface area contributed by atoms with Gasteiger partial charge in [-0.25, -0.2) is 0 Å². The van der Waals surface area contributed by atoms with Gasteiger partial charge < -0.3 is 15.7 Å². The molecule has 0 unspecified atom stereocenters. The second-order valence-electron chi connectivity index (χ2n) is 5.57. The largest absolute Gasteiger partial charge is 0.506 e. The van der Waals surface area contributed by atoms with Gasteiger partial charge >= 0.3 is 6.18 Å². The van der Waals surface area contributed by atoms with Crippen LogP contribution in [0.15, 0.2) is 66.9 Å². The highest BCUT2D eigenvalue weighted by Gasteiger charge is 2.32. The van der Waals surface area contributed by atoms with Crippen molar-refractivity contribution in [3.05, 3.63) is 78.1 Å². The molecule has 3 N–H and O–H groups in total. The number of amides is 1. The molecule has 0 bridgehead atoms. The van der Waals surface area contributed by atoms with Crippen LogP contribution >= 0.6 is 0 Å². The molecular formula is C19H14F3N3O2. The Labute approximate surface area is 152 Å². The Morgan fingerprint density at radius 1 is 0.963 bits per heavy atom. The number of hydrogen-bond donors (Lipinski definition) is 3. The maximum atomic E-state index is 12.8. The lowest BCUT2D eigenvalue weighted by Gasteiger charge is -2.14. The Morgan fingerprint density at radius 2 is 1.63 bits per heavy atom. The van der Waals surface area contributed by atoms with Crippen LogP contribution in [0.25, 0.3) is 0 Å². The third-order valence-electron chi connectivity index (χ3n) is 3.65. The van der Waals surface area contributed by atoms with Gasteiger partial charge in [0.15, 0.2) is 0 Å². The maximum absolute atomic E-state index is 12.8. The molecule has 0 spiro atoms. The van der Waals surface area contributed by atoms with Gasteiger partial charge in [0, 0.05) is 11.9 Å². The number of aromatic nitrogens is 1. The van der Waals surface area contributed by atoms with E-state index in [-0.39, 0.29) is 22.7 Å². The predicted molar refractivity (Wildman–Crippen MR) is 95.0 cm³/mol. The minimum atomic E-state index is -4.57. The number of para-hydroxylation sites is 3. The van der Waals surface area contributed by atoms with E-state index in [0.29, 0.717) is 5.69 Å². The third-order valence-corrected chi connectivity index (χ3v) is 3.65. The first-order chi connectivity index (χ1) is 12.8. The van der Waals surface area contributed by atoms with Gasteiger partial charge in [0.2, 0.25) is 0 Å². The molecule has 0 atom stereocenters. The number of rotatable bonds is 4. The summed E-state index contributed by atoms with van der Waals surface area (Å²) in [5.41, 5.74) is -0.166. The number of nitrogens with one attached hydrogen (secondary N) is 2. The number of phenolic OH excluding ortho intramolecular Hbond substituents is 1. The molecule has 27 heavy (non-hydrogen) atoms. The van der Waals surface area contributed by atoms with Gasteiger partial charge in [-0.05, 0) is 36.4 Å². The Bertz CT molecular complexity index is 974. The minimum Gasteiger partial charge on any atom is -0.506 e. The summed E-state index contributed by atoms with van der Waals surface area (Å²) in [5.74, 6) is -0.620. The summed E-state index contributed by atoms with van der Waals surface area (Å²) in [6, 6.07) is 14.8. The first-order valence-corrected chi connectivity index (χ1v) is 7.83. The number of halogens is 3. The smallest absolute Gasteiger partial charge is 0.433 e. The zero-order valence-electron chi connectivity index (χ0n) is 13.8. The summed E-state index contributed by atoms with van der Waals surface area (Å²) in [5, 5.41) is 15.1. The van der Waals surface area contributed by atoms with E-state index in [1.807, 2.05) is 0 Å². The number of carbonyl (C=O) groups is 1. The van der Waals surface area contributed by atoms with Crippen LogP contribution in [0.4, 0.5) is 30.2 Å². The number of pyridine rings is 1. The van der Waals surface area contributed by atoms with Crippen molar-refractivity contribution in [1.82, 2.24) is 4.98 Å². The number of aromatic hydroxyl groups is 1. The lowest BCUT2D eigenvalue weighted by atomic mass is 10.1. The molecule has 5 nitrogen and oxygen atoms in total. The monoisotopic (exact) mass is 373 g/mol. The highest BCUT2D eigenvalue weighted by molar-refractivity contribution is 6.09. The number of benzene rings is 2. The first kappa shape index (κ1) is 18.2. The van der Waals surface area contributed by atoms with Crippen molar-refractivity contribution < 1.29 is 23.1 Å². The lowest BCUT2D eigenvalue weighted by molar-refractivity contribution is -0.141. The average molecular weight is 373 g/mol. The van der Waals surface area contributed by atoms with Crippen molar-refractivity contribution in [3.63, 3.8) is 0 Å². The van der Waals surface area contributed by atoms with Crippen molar-refractivity contribution in [2.24, 2.45) is 0 Å². The molecule has 0 aliphatic carbocycles. The van der Waals surface area contributed by atoms with Gasteiger partial charge in [-0.15, -0.1) is 0 Å². The van der Waals surface area contributed by atoms with Crippen LogP contribution in [0, 0.1) is 0 Å². The number of nitrogens with zero attached hydrogens (tertiary/aromatic N) is 1. The summed E-state index contributed by atoms with van der Waals surface area (Å²) in [6.45, 7) is 0. The number of phenols is 1. The topological polar surface area (TPSA) is 74.2 Å². The van der Waals surface area contributed by atoms with Gasteiger partial charge in [-0.2, -0.15) is 13.2 Å². The van der Waals surface area contributed by atoms with Crippen LogP contribution in [-0.4, -0.2) is 16.0 Å². The Balaban J connectivity index is 1.86. The molecule has 2 aromatic carbocycles. The fourth-order valence-electron chi connectivity index (χ4n) is 2.38. The summed E-state index contributed by atoms with van der Waals surface area (Å²) in [4.78, 5) is 15.9. The number of anilines is 3. The SMILES string of the molecule is O=C(Nc1ccccc1O)c1ccccc1Nc1ccnc(C(F)(F)F)c1. The highest BCUT2D eigenvalue weighted by Crippen LogP contribution is 2.30. The predicted octanol–water partition coefficient (Wildman–Crippen LogP) is 4.80. The van der Waals surface area contributed by atoms with Crippen molar-refractivity contribution >= 4 is 23.0 Å². The second-order valence-corrected chi connectivity index (χ2v) is 5.57. The normalized spacial score (nSPS) is 11.1. The fourth-order valence-corrected chi connectivity index (χ4v) is 2.38. The highest BCUT2D eigenvalue weighted by atomic mass is 19.4. The van der Waals surface area contributed by atoms with Crippen LogP contribution in [0.5, 0.6) is 5.75 Å². The number of carbonyl (C=O) groups excluding carboxylic acids is 1. The van der Waals surface area contributed by atoms with Crippen LogP contribution in [0.3, 0.4) is 0 Å². The van der Waals surface area contributed by atoms with Gasteiger partial charge in [0.25, 0.3) is 5.91 Å². The van der Waals surface area contributed by atoms with Crippen LogP contribution < -0.4 is 10.6 Å². The van der Waals surface area contributed by atoms with Gasteiger partial charge in [0.05, 0.1) is 16.9 Å². The van der Waals surface area contributed by atoms with E-state index in [0.717, 1.165) is 12.3 Å². The zero-order valence-corrected chi connectivity index (χ0v) is 13.8. The molecule has 8 heteroatoms. The minimum absolute atomic E-state index is 0.0970. The molecule has 0 fully saturated rings. The van der Waals surface area contributed by atoms with E-state index in [1.165, 1.54) is 24.3 Å². The quantitative estimate of drug-likeness (QED) is 0.574. The fraction of sp³-hybridized carbons (Fsp3) is 0.0526. The summed E-state index contributed by atoms with van der Waals surface area (Å²) < 4.78 is 38.4. The lowest BCUT2D eigenvalue weighted by Crippen LogP contribution is -2.14. The third kappa shape index (κ3) is 4.35. The second kappa shape index (κ2) is 7.36. The molecular weight excluding hydrogens is 359 g/mol. The molecule has 138 valence electrons. The van der Waals surface area contributed by atoms with Gasteiger partial charge in [0.1, 0.15) is 11.4 Å². The van der Waals surface area contributed by atoms with Crippen molar-refractivity contribution in [2.75, 3.05) is 10.6 Å². The van der Waals surface area contributed by atoms with Crippen LogP contribution in [0.2, 0.25) is 0 Å². The Hall–Kier alpha value is -3.55. The molecule has 0 saturated heterocycles. The van der Waals surface area contributed by atoms with E-state index < -0.39 is 17.8 Å². The molecule has 0 aliphatic heterocycles. The van der Waals surface area contributed by atoms with E-state index >= 15 is 0 Å². The number of hydrogen-bond acceptors (Lipinski definition) is 4. The van der Waals surface area contributed by atoms with Crippen molar-refractivity contribution in [2.45, 2.75) is 6.18 Å². The first-order valence-electron chi connectivity index (χ1n) is 7.83. The molecule has 0 aliphatic rings. The van der Waals surface area contributed by atoms with E-state index in [4.69, 9.17) is 0 Å². The Kier molecular flexibility index (Phi) is 4.98. The zero-order chi connectivity index (χ0) is 19.4. The van der Waals surface area contributed by atoms with Crippen LogP contribution in [-0.2, 0) is 6.18 Å². The Morgan fingerprint density at radius 3 is 2.33 bits per heavy atom. The number of alkyl halides is 3. The maximum Gasteiger partial charge on any atom is 0.433 e. The molecule has 1 heterocycles. The van der Waals surface area contributed by atoms with Crippen molar-refractivity contribution in [3.8, 4) is 5.75 Å². The molecule has 3 rings (SSSR count). The van der Waals surface area contributed by atoms with Gasteiger partial charge in [-0.1, -0.05) is 24.3 Å². The molecule has 0 saturated carbocycles. The van der Waals surface area contributed by atoms with Gasteiger partial charge in [-0.3, -0.25) is 9.78 Å². The van der Waals surface area contributed by atoms with Crippen molar-refractivity contribution in [1.29, 1.82) is 0 Å². The van der Waals surface area contributed by atoms with E-state index in [2.05, 4.69) is 15.6 Å². The molecule has 1 amide bonds. The summed E-state index contributed by atoms with van der Waals surface area (Å²) in [6.07, 6.45) is -3.53. The van der Waals surface area contributed by atoms with E-state index in [1.54, 1.807) is 30.3 Å². The molecule has 3 aromatic rings. The standard InChI is InChI=1S/C19H14F3N3O2/c20-19(21,22)17-11-12(9-10-23-17)24-14-6-2-1-5-13(14)18(27)25-15-7-3-4-8-16(15)26/h1-11,26H,(H,23,24)(H,25,27). The molecule has 0 radical (unpaired) electrons.